The van der Waals surface area contributed by atoms with Crippen LogP contribution in [0, 0.1) is 6.92 Å². The van der Waals surface area contributed by atoms with E-state index in [4.69, 9.17) is 0 Å². The van der Waals surface area contributed by atoms with E-state index in [2.05, 4.69) is 9.88 Å². The number of fused-ring (bicyclic) bond motifs is 5. The molecule has 2 aromatic heterocycles. The van der Waals surface area contributed by atoms with Gasteiger partial charge in [-0.2, -0.15) is 0 Å². The molecule has 35 heavy (non-hydrogen) atoms. The molecule has 1 aliphatic rings. The highest BCUT2D eigenvalue weighted by Gasteiger charge is 2.34. The van der Waals surface area contributed by atoms with Gasteiger partial charge < -0.3 is 15.0 Å². The number of anilines is 1. The van der Waals surface area contributed by atoms with Gasteiger partial charge in [0.1, 0.15) is 5.75 Å². The molecule has 3 heterocycles. The minimum Gasteiger partial charge on any atom is -0.508 e. The molecule has 0 spiro atoms. The van der Waals surface area contributed by atoms with E-state index in [1.807, 2.05) is 61.5 Å². The summed E-state index contributed by atoms with van der Waals surface area (Å²) in [5.41, 5.74) is 5.96. The fraction of sp³-hybridized carbons (Fsp3) is 0.143. The zero-order chi connectivity index (χ0) is 24.4. The number of hydrogen-bond donors (Lipinski definition) is 2. The van der Waals surface area contributed by atoms with E-state index >= 15 is 0 Å². The average Bonchev–Trinajstić information content (AvgIpc) is 3.23. The van der Waals surface area contributed by atoms with Crippen LogP contribution in [0.15, 0.2) is 82.4 Å². The van der Waals surface area contributed by atoms with Gasteiger partial charge in [0.25, 0.3) is 5.56 Å². The largest absolute Gasteiger partial charge is 0.508 e. The SMILES string of the molecule is Cc1ccc(-c2c3c(=O)n(C)c(=O)n(C)c3c3n2-c2ccccc2N[C@@H]3c2cccc(O)c2)cc1. The molecule has 5 aromatic rings. The molecule has 2 N–H and O–H groups in total. The van der Waals surface area contributed by atoms with Crippen LogP contribution in [0.25, 0.3) is 27.8 Å². The van der Waals surface area contributed by atoms with Crippen LogP contribution in [0.3, 0.4) is 0 Å². The Hall–Kier alpha value is -4.52. The van der Waals surface area contributed by atoms with Gasteiger partial charge in [-0.3, -0.25) is 13.9 Å². The van der Waals surface area contributed by atoms with Crippen LogP contribution < -0.4 is 16.6 Å². The smallest absolute Gasteiger partial charge is 0.331 e. The van der Waals surface area contributed by atoms with Gasteiger partial charge >= 0.3 is 5.69 Å². The molecule has 0 saturated carbocycles. The Bertz CT molecular complexity index is 1760. The van der Waals surface area contributed by atoms with Gasteiger partial charge in [0.15, 0.2) is 0 Å². The molecule has 0 saturated heterocycles. The molecule has 1 aliphatic heterocycles. The minimum absolute atomic E-state index is 0.147. The molecule has 7 nitrogen and oxygen atoms in total. The molecule has 6 rings (SSSR count). The zero-order valence-electron chi connectivity index (χ0n) is 19.6. The van der Waals surface area contributed by atoms with Crippen molar-refractivity contribution in [3.05, 3.63) is 110 Å². The number of nitrogens with one attached hydrogen (secondary N) is 1. The first kappa shape index (κ1) is 21.0. The molecule has 7 heteroatoms. The quantitative estimate of drug-likeness (QED) is 0.410. The Morgan fingerprint density at radius 2 is 1.63 bits per heavy atom. The second-order valence-electron chi connectivity index (χ2n) is 9.05. The summed E-state index contributed by atoms with van der Waals surface area (Å²) in [4.78, 5) is 26.7. The van der Waals surface area contributed by atoms with E-state index in [-0.39, 0.29) is 17.0 Å². The minimum atomic E-state index is -0.406. The second-order valence-corrected chi connectivity index (χ2v) is 9.05. The predicted molar refractivity (Wildman–Crippen MR) is 138 cm³/mol. The number of phenolic OH excluding ortho intramolecular Hbond substituents is 1. The number of nitrogens with zero attached hydrogens (tertiary/aromatic N) is 3. The molecule has 0 radical (unpaired) electrons. The molecular weight excluding hydrogens is 440 g/mol. The zero-order valence-corrected chi connectivity index (χ0v) is 19.6. The van der Waals surface area contributed by atoms with Crippen molar-refractivity contribution < 1.29 is 5.11 Å². The Labute approximate surface area is 201 Å². The highest BCUT2D eigenvalue weighted by Crippen LogP contribution is 2.45. The van der Waals surface area contributed by atoms with Crippen LogP contribution in [0.4, 0.5) is 5.69 Å². The van der Waals surface area contributed by atoms with Crippen LogP contribution in [-0.4, -0.2) is 18.8 Å². The van der Waals surface area contributed by atoms with Gasteiger partial charge in [0.2, 0.25) is 0 Å². The van der Waals surface area contributed by atoms with Crippen molar-refractivity contribution in [3.8, 4) is 22.7 Å². The Kier molecular flexibility index (Phi) is 4.51. The fourth-order valence-electron chi connectivity index (χ4n) is 5.16. The molecule has 0 bridgehead atoms. The van der Waals surface area contributed by atoms with Gasteiger partial charge in [0.05, 0.1) is 39.7 Å². The number of para-hydroxylation sites is 2. The van der Waals surface area contributed by atoms with E-state index in [0.717, 1.165) is 44.0 Å². The van der Waals surface area contributed by atoms with Crippen molar-refractivity contribution in [1.82, 2.24) is 13.7 Å². The lowest BCUT2D eigenvalue weighted by molar-refractivity contribution is 0.474. The van der Waals surface area contributed by atoms with Crippen molar-refractivity contribution >= 4 is 16.6 Å². The van der Waals surface area contributed by atoms with Crippen LogP contribution in [0.1, 0.15) is 22.9 Å². The monoisotopic (exact) mass is 464 g/mol. The maximum absolute atomic E-state index is 13.7. The van der Waals surface area contributed by atoms with E-state index in [1.165, 1.54) is 7.05 Å². The van der Waals surface area contributed by atoms with Gasteiger partial charge in [-0.05, 0) is 42.3 Å². The first-order chi connectivity index (χ1) is 16.9. The standard InChI is InChI=1S/C28H24N4O3/c1-16-11-13-17(14-12-16)24-22-25(30(2)28(35)31(3)27(22)34)26-23(18-7-6-8-19(33)15-18)29-20-9-4-5-10-21(20)32(24)26/h4-15,23,29,33H,1-3H3/t23-/m1/s1. The number of rotatable bonds is 2. The molecule has 3 aromatic carbocycles. The topological polar surface area (TPSA) is 81.2 Å². The molecule has 1 atom stereocenters. The Balaban J connectivity index is 1.86. The fourth-order valence-corrected chi connectivity index (χ4v) is 5.16. The first-order valence-corrected chi connectivity index (χ1v) is 11.4. The van der Waals surface area contributed by atoms with E-state index in [0.29, 0.717) is 10.9 Å². The van der Waals surface area contributed by atoms with Gasteiger partial charge in [-0.25, -0.2) is 4.79 Å². The molecule has 174 valence electrons. The average molecular weight is 465 g/mol. The molecule has 0 aliphatic carbocycles. The van der Waals surface area contributed by atoms with Crippen LogP contribution in [0.2, 0.25) is 0 Å². The highest BCUT2D eigenvalue weighted by molar-refractivity contribution is 5.99. The number of aryl methyl sites for hydroxylation is 2. The lowest BCUT2D eigenvalue weighted by Crippen LogP contribution is -2.37. The molecule has 0 unspecified atom stereocenters. The van der Waals surface area contributed by atoms with Crippen LogP contribution >= 0.6 is 0 Å². The Morgan fingerprint density at radius 1 is 0.886 bits per heavy atom. The highest BCUT2D eigenvalue weighted by atomic mass is 16.3. The van der Waals surface area contributed by atoms with Gasteiger partial charge in [0, 0.05) is 14.1 Å². The first-order valence-electron chi connectivity index (χ1n) is 11.4. The van der Waals surface area contributed by atoms with Crippen molar-refractivity contribution in [2.24, 2.45) is 14.1 Å². The predicted octanol–water partition coefficient (Wildman–Crippen LogP) is 4.22. The van der Waals surface area contributed by atoms with Crippen molar-refractivity contribution in [2.45, 2.75) is 13.0 Å². The summed E-state index contributed by atoms with van der Waals surface area (Å²) in [5.74, 6) is 0.147. The maximum Gasteiger partial charge on any atom is 0.331 e. The normalized spacial score (nSPS) is 14.4. The number of aromatic nitrogens is 3. The van der Waals surface area contributed by atoms with E-state index < -0.39 is 6.04 Å². The third-order valence-corrected chi connectivity index (χ3v) is 6.86. The molecule has 0 fully saturated rings. The van der Waals surface area contributed by atoms with Crippen molar-refractivity contribution in [1.29, 1.82) is 0 Å². The lowest BCUT2D eigenvalue weighted by atomic mass is 9.99. The number of phenols is 1. The third kappa shape index (κ3) is 2.98. The summed E-state index contributed by atoms with van der Waals surface area (Å²) >= 11 is 0. The number of hydrogen-bond acceptors (Lipinski definition) is 4. The van der Waals surface area contributed by atoms with Crippen molar-refractivity contribution in [2.75, 3.05) is 5.32 Å². The lowest BCUT2D eigenvalue weighted by Gasteiger charge is -2.31. The Morgan fingerprint density at radius 3 is 2.37 bits per heavy atom. The number of benzene rings is 3. The number of aromatic hydroxyl groups is 1. The van der Waals surface area contributed by atoms with Gasteiger partial charge in [-0.15, -0.1) is 0 Å². The van der Waals surface area contributed by atoms with Gasteiger partial charge in [-0.1, -0.05) is 54.1 Å². The van der Waals surface area contributed by atoms with Crippen LogP contribution in [0.5, 0.6) is 5.75 Å². The summed E-state index contributed by atoms with van der Waals surface area (Å²) in [6.07, 6.45) is 0. The van der Waals surface area contributed by atoms with Crippen LogP contribution in [-0.2, 0) is 14.1 Å². The summed E-state index contributed by atoms with van der Waals surface area (Å²) in [7, 11) is 3.21. The third-order valence-electron chi connectivity index (χ3n) is 6.86. The van der Waals surface area contributed by atoms with E-state index in [1.54, 1.807) is 29.8 Å². The summed E-state index contributed by atoms with van der Waals surface area (Å²) in [6.45, 7) is 2.02. The van der Waals surface area contributed by atoms with E-state index in [9.17, 15) is 14.7 Å². The second kappa shape index (κ2) is 7.50. The van der Waals surface area contributed by atoms with Crippen molar-refractivity contribution in [3.63, 3.8) is 0 Å². The summed E-state index contributed by atoms with van der Waals surface area (Å²) < 4.78 is 4.80. The summed E-state index contributed by atoms with van der Waals surface area (Å²) in [6, 6.07) is 22.6. The summed E-state index contributed by atoms with van der Waals surface area (Å²) in [5, 5.41) is 14.3. The molecular formula is C28H24N4O3. The maximum atomic E-state index is 13.7. The molecule has 0 amide bonds.